The van der Waals surface area contributed by atoms with E-state index >= 15 is 0 Å². The molecule has 10 heteroatoms. The predicted molar refractivity (Wildman–Crippen MR) is 138 cm³/mol. The first kappa shape index (κ1) is 22.7. The van der Waals surface area contributed by atoms with Crippen LogP contribution in [-0.4, -0.2) is 58.3 Å². The number of fused-ring (bicyclic) bond motifs is 1. The van der Waals surface area contributed by atoms with Crippen LogP contribution in [0.5, 0.6) is 0 Å². The first-order chi connectivity index (χ1) is 17.0. The number of carbonyl (C=O) groups is 2. The molecular weight excluding hydrogens is 462 g/mol. The van der Waals surface area contributed by atoms with Crippen LogP contribution in [-0.2, 0) is 4.79 Å². The maximum atomic E-state index is 12.9. The Kier molecular flexibility index (Phi) is 6.28. The maximum absolute atomic E-state index is 12.9. The highest BCUT2D eigenvalue weighted by molar-refractivity contribution is 7.21. The zero-order valence-electron chi connectivity index (χ0n) is 19.4. The monoisotopic (exact) mass is 487 g/mol. The lowest BCUT2D eigenvalue weighted by Gasteiger charge is -2.18. The number of aromatic nitrogens is 3. The van der Waals surface area contributed by atoms with E-state index in [2.05, 4.69) is 51.8 Å². The third-order valence-corrected chi connectivity index (χ3v) is 6.91. The topological polar surface area (TPSA) is 103 Å². The molecule has 1 fully saturated rings. The number of hydrogen-bond donors (Lipinski definition) is 2. The number of amides is 2. The number of thiazole rings is 1. The molecule has 2 amide bonds. The second kappa shape index (κ2) is 9.67. The van der Waals surface area contributed by atoms with Crippen LogP contribution in [0.4, 0.5) is 22.5 Å². The lowest BCUT2D eigenvalue weighted by atomic mass is 10.2. The molecule has 4 heterocycles. The Labute approximate surface area is 206 Å². The number of benzene rings is 1. The molecule has 0 spiro atoms. The van der Waals surface area contributed by atoms with Gasteiger partial charge in [0.25, 0.3) is 5.91 Å². The number of hydrogen-bond acceptors (Lipinski definition) is 8. The Bertz CT molecular complexity index is 1370. The molecule has 0 aliphatic carbocycles. The van der Waals surface area contributed by atoms with Crippen LogP contribution in [0, 0.1) is 6.92 Å². The van der Waals surface area contributed by atoms with Crippen molar-refractivity contribution in [3.63, 3.8) is 0 Å². The second-order valence-electron chi connectivity index (χ2n) is 8.48. The molecule has 3 aromatic heterocycles. The highest BCUT2D eigenvalue weighted by atomic mass is 32.1. The molecule has 1 aromatic carbocycles. The summed E-state index contributed by atoms with van der Waals surface area (Å²) in [6, 6.07) is 15.6. The van der Waals surface area contributed by atoms with Gasteiger partial charge in [0.1, 0.15) is 22.0 Å². The minimum absolute atomic E-state index is 0.000995. The number of carbonyl (C=O) groups excluding carboxylic acids is 2. The Morgan fingerprint density at radius 3 is 2.80 bits per heavy atom. The Morgan fingerprint density at radius 1 is 1.17 bits per heavy atom. The summed E-state index contributed by atoms with van der Waals surface area (Å²) in [6.45, 7) is 3.18. The number of anilines is 4. The SMILES string of the molecule is Cc1ccc(N(C)c2ccc3nc(Nc4cc(C(=O)N5CC[C@@H](NC=O)C5)ccn4)sc3n2)cc1. The predicted octanol–water partition coefficient (Wildman–Crippen LogP) is 3.87. The summed E-state index contributed by atoms with van der Waals surface area (Å²) in [7, 11) is 1.99. The zero-order chi connectivity index (χ0) is 24.4. The van der Waals surface area contributed by atoms with E-state index in [0.29, 0.717) is 36.0 Å². The van der Waals surface area contributed by atoms with E-state index in [9.17, 15) is 9.59 Å². The van der Waals surface area contributed by atoms with Gasteiger partial charge in [0, 0.05) is 43.6 Å². The fraction of sp³-hybridized carbons (Fsp3) is 0.240. The van der Waals surface area contributed by atoms with Crippen LogP contribution in [0.2, 0.25) is 0 Å². The van der Waals surface area contributed by atoms with Gasteiger partial charge in [-0.3, -0.25) is 9.59 Å². The van der Waals surface area contributed by atoms with Gasteiger partial charge >= 0.3 is 0 Å². The Hall–Kier alpha value is -4.05. The van der Waals surface area contributed by atoms with Gasteiger partial charge in [-0.2, -0.15) is 0 Å². The van der Waals surface area contributed by atoms with Gasteiger partial charge in [0.15, 0.2) is 5.13 Å². The number of nitrogens with zero attached hydrogens (tertiary/aromatic N) is 5. The van der Waals surface area contributed by atoms with Crippen molar-refractivity contribution in [2.24, 2.45) is 0 Å². The highest BCUT2D eigenvalue weighted by Crippen LogP contribution is 2.30. The fourth-order valence-electron chi connectivity index (χ4n) is 4.05. The smallest absolute Gasteiger partial charge is 0.254 e. The number of aryl methyl sites for hydroxylation is 1. The summed E-state index contributed by atoms with van der Waals surface area (Å²) in [6.07, 6.45) is 3.04. The van der Waals surface area contributed by atoms with Crippen molar-refractivity contribution in [2.75, 3.05) is 30.4 Å². The molecule has 4 aromatic rings. The average Bonchev–Trinajstić information content (AvgIpc) is 3.50. The third-order valence-electron chi connectivity index (χ3n) is 6.03. The summed E-state index contributed by atoms with van der Waals surface area (Å²) in [5, 5.41) is 6.60. The van der Waals surface area contributed by atoms with Crippen molar-refractivity contribution in [3.05, 3.63) is 65.9 Å². The standard InChI is InChI=1S/C25H25N7O2S/c1-16-3-5-19(6-4-16)31(2)22-8-7-20-23(30-22)35-25(28-20)29-21-13-17(9-11-26-21)24(34)32-12-10-18(14-32)27-15-33/h3-9,11,13,15,18H,10,12,14H2,1-2H3,(H,27,33)(H,26,28,29)/t18-/m1/s1. The zero-order valence-corrected chi connectivity index (χ0v) is 20.2. The summed E-state index contributed by atoms with van der Waals surface area (Å²) >= 11 is 1.43. The summed E-state index contributed by atoms with van der Waals surface area (Å²) < 4.78 is 0. The lowest BCUT2D eigenvalue weighted by molar-refractivity contribution is -0.110. The second-order valence-corrected chi connectivity index (χ2v) is 9.46. The van der Waals surface area contributed by atoms with Gasteiger partial charge in [-0.25, -0.2) is 15.0 Å². The fourth-order valence-corrected chi connectivity index (χ4v) is 4.89. The molecule has 1 saturated heterocycles. The summed E-state index contributed by atoms with van der Waals surface area (Å²) in [4.78, 5) is 41.9. The van der Waals surface area contributed by atoms with Crippen LogP contribution in [0.25, 0.3) is 10.3 Å². The largest absolute Gasteiger partial charge is 0.354 e. The molecule has 2 N–H and O–H groups in total. The molecular formula is C25H25N7O2S. The minimum Gasteiger partial charge on any atom is -0.354 e. The summed E-state index contributed by atoms with van der Waals surface area (Å²) in [5.74, 6) is 1.28. The van der Waals surface area contributed by atoms with E-state index in [1.807, 2.05) is 24.1 Å². The molecule has 0 saturated carbocycles. The van der Waals surface area contributed by atoms with Crippen molar-refractivity contribution in [1.82, 2.24) is 25.2 Å². The molecule has 0 unspecified atom stereocenters. The van der Waals surface area contributed by atoms with Gasteiger partial charge in [0.2, 0.25) is 6.41 Å². The van der Waals surface area contributed by atoms with E-state index in [1.54, 1.807) is 23.2 Å². The molecule has 0 radical (unpaired) electrons. The van der Waals surface area contributed by atoms with E-state index < -0.39 is 0 Å². The van der Waals surface area contributed by atoms with E-state index in [1.165, 1.54) is 16.9 Å². The van der Waals surface area contributed by atoms with Gasteiger partial charge in [-0.15, -0.1) is 0 Å². The third kappa shape index (κ3) is 4.92. The van der Waals surface area contributed by atoms with Gasteiger partial charge in [-0.05, 0) is 49.7 Å². The number of likely N-dealkylation sites (tertiary alicyclic amines) is 1. The van der Waals surface area contributed by atoms with E-state index in [0.717, 1.165) is 28.3 Å². The summed E-state index contributed by atoms with van der Waals surface area (Å²) in [5.41, 5.74) is 3.59. The molecule has 178 valence electrons. The molecule has 9 nitrogen and oxygen atoms in total. The molecule has 1 aliphatic heterocycles. The molecule has 0 bridgehead atoms. The number of nitrogens with one attached hydrogen (secondary N) is 2. The van der Waals surface area contributed by atoms with E-state index in [4.69, 9.17) is 4.98 Å². The number of pyridine rings is 2. The van der Waals surface area contributed by atoms with Gasteiger partial charge < -0.3 is 20.4 Å². The average molecular weight is 488 g/mol. The van der Waals surface area contributed by atoms with Crippen LogP contribution in [0.1, 0.15) is 22.3 Å². The van der Waals surface area contributed by atoms with E-state index in [-0.39, 0.29) is 11.9 Å². The molecule has 5 rings (SSSR count). The van der Waals surface area contributed by atoms with Crippen LogP contribution in [0.15, 0.2) is 54.7 Å². The van der Waals surface area contributed by atoms with Crippen molar-refractivity contribution in [2.45, 2.75) is 19.4 Å². The van der Waals surface area contributed by atoms with Gasteiger partial charge in [0.05, 0.1) is 0 Å². The highest BCUT2D eigenvalue weighted by Gasteiger charge is 2.26. The maximum Gasteiger partial charge on any atom is 0.254 e. The van der Waals surface area contributed by atoms with Crippen LogP contribution < -0.4 is 15.5 Å². The molecule has 1 atom stereocenters. The van der Waals surface area contributed by atoms with Gasteiger partial charge in [-0.1, -0.05) is 29.0 Å². The Morgan fingerprint density at radius 2 is 2.00 bits per heavy atom. The molecule has 35 heavy (non-hydrogen) atoms. The quantitative estimate of drug-likeness (QED) is 0.382. The molecule has 1 aliphatic rings. The Balaban J connectivity index is 1.31. The van der Waals surface area contributed by atoms with Crippen molar-refractivity contribution < 1.29 is 9.59 Å². The van der Waals surface area contributed by atoms with Crippen LogP contribution in [0.3, 0.4) is 0 Å². The van der Waals surface area contributed by atoms with Crippen molar-refractivity contribution >= 4 is 56.5 Å². The lowest BCUT2D eigenvalue weighted by Crippen LogP contribution is -2.34. The normalized spacial score (nSPS) is 15.3. The first-order valence-corrected chi connectivity index (χ1v) is 12.1. The van der Waals surface area contributed by atoms with Crippen molar-refractivity contribution in [1.29, 1.82) is 0 Å². The first-order valence-electron chi connectivity index (χ1n) is 11.3. The number of rotatable bonds is 7. The minimum atomic E-state index is -0.0830. The van der Waals surface area contributed by atoms with Crippen molar-refractivity contribution in [3.8, 4) is 0 Å². The van der Waals surface area contributed by atoms with Crippen LogP contribution >= 0.6 is 11.3 Å².